The van der Waals surface area contributed by atoms with Crippen LogP contribution in [0.3, 0.4) is 0 Å². The molecule has 0 aliphatic carbocycles. The van der Waals surface area contributed by atoms with E-state index in [0.717, 1.165) is 21.9 Å². The van der Waals surface area contributed by atoms with Gasteiger partial charge in [0.15, 0.2) is 0 Å². The number of hydrogen-bond donors (Lipinski definition) is 3. The third kappa shape index (κ3) is 9.28. The lowest BCUT2D eigenvalue weighted by Crippen LogP contribution is -2.43. The lowest BCUT2D eigenvalue weighted by atomic mass is 10.1. The molecule has 5 rings (SSSR count). The number of carbonyl (C=O) groups is 2. The Morgan fingerprint density at radius 3 is 2.36 bits per heavy atom. The fraction of sp³-hybridized carbons (Fsp3) is 0.314. The maximum absolute atomic E-state index is 14.3. The smallest absolute Gasteiger partial charge is 0.409 e. The number of rotatable bonds is 13. The molecule has 0 radical (unpaired) electrons. The van der Waals surface area contributed by atoms with E-state index in [1.165, 1.54) is 48.2 Å². The second-order valence-electron chi connectivity index (χ2n) is 12.1. The highest BCUT2D eigenvalue weighted by Crippen LogP contribution is 2.37. The monoisotopic (exact) mass is 738 g/mol. The largest absolute Gasteiger partial charge is 0.450 e. The molecule has 16 nitrogen and oxygen atoms in total. The van der Waals surface area contributed by atoms with E-state index in [9.17, 15) is 38.4 Å². The van der Waals surface area contributed by atoms with Crippen molar-refractivity contribution in [3.63, 3.8) is 0 Å². The minimum Gasteiger partial charge on any atom is -0.450 e. The van der Waals surface area contributed by atoms with Crippen molar-refractivity contribution >= 4 is 23.6 Å². The van der Waals surface area contributed by atoms with E-state index in [1.54, 1.807) is 12.1 Å². The van der Waals surface area contributed by atoms with Gasteiger partial charge >= 0.3 is 29.4 Å². The zero-order chi connectivity index (χ0) is 38.3. The number of nitrogens with zero attached hydrogens (tertiary/aromatic N) is 5. The molecular weight excluding hydrogens is 702 g/mol. The van der Waals surface area contributed by atoms with E-state index in [-0.39, 0.29) is 37.0 Å². The zero-order valence-electron chi connectivity index (χ0n) is 28.5. The van der Waals surface area contributed by atoms with Crippen LogP contribution < -0.4 is 15.7 Å². The minimum absolute atomic E-state index is 0.0233. The molecule has 1 aromatic heterocycles. The zero-order valence-corrected chi connectivity index (χ0v) is 28.5. The standard InChI is InChI=1S/C35H36F2N6O10/c1-40(32(46)38-30-14-15-42(33(47)39-30)19-29-35(36,37)31(45)28(20-44)53-29)16-17-41(2)34(48)51-21-22-8-13-26(43(49)50)27(18-22)52-25-11-9-24(10-12-25)23-6-4-3-5-7-23/h3-15,18,28-29,31,44-45H,16-17,19-21H2,1-2H3,(H,38,39,46,47)/t28-,29?,31-/m1/s1. The van der Waals surface area contributed by atoms with Gasteiger partial charge in [0.1, 0.15) is 36.5 Å². The SMILES string of the molecule is CN(CCN(C)C(=O)OCc1ccc([N+](=O)[O-])c(Oc2ccc(-c3ccccc3)cc2)c1)C(=O)Nc1ccn(CC2O[C@H](CO)[C@@H](O)C2(F)F)c(=O)n1. The van der Waals surface area contributed by atoms with Crippen molar-refractivity contribution < 1.29 is 47.7 Å². The quantitative estimate of drug-likeness (QED) is 0.132. The summed E-state index contributed by atoms with van der Waals surface area (Å²) < 4.78 is 45.7. The number of aliphatic hydroxyl groups excluding tert-OH is 2. The Morgan fingerprint density at radius 2 is 1.72 bits per heavy atom. The van der Waals surface area contributed by atoms with Gasteiger partial charge in [-0.3, -0.25) is 20.0 Å². The van der Waals surface area contributed by atoms with Crippen LogP contribution in [0.4, 0.5) is 29.9 Å². The number of urea groups is 1. The Labute approximate surface area is 300 Å². The number of alkyl halides is 2. The summed E-state index contributed by atoms with van der Waals surface area (Å²) in [6, 6.07) is 21.3. The molecular formula is C35H36F2N6O10. The molecule has 18 heteroatoms. The third-order valence-electron chi connectivity index (χ3n) is 8.37. The molecule has 280 valence electrons. The van der Waals surface area contributed by atoms with Gasteiger partial charge in [0.05, 0.1) is 18.1 Å². The summed E-state index contributed by atoms with van der Waals surface area (Å²) in [5.74, 6) is -3.55. The van der Waals surface area contributed by atoms with Crippen molar-refractivity contribution in [3.8, 4) is 22.6 Å². The van der Waals surface area contributed by atoms with Gasteiger partial charge in [-0.25, -0.2) is 23.2 Å². The van der Waals surface area contributed by atoms with Gasteiger partial charge in [0, 0.05) is 39.4 Å². The average Bonchev–Trinajstić information content (AvgIpc) is 3.37. The van der Waals surface area contributed by atoms with Gasteiger partial charge in [-0.15, -0.1) is 0 Å². The number of anilines is 1. The number of halogens is 2. The summed E-state index contributed by atoms with van der Waals surface area (Å²) in [6.07, 6.45) is -5.26. The van der Waals surface area contributed by atoms with E-state index >= 15 is 0 Å². The van der Waals surface area contributed by atoms with Crippen LogP contribution in [0.15, 0.2) is 89.9 Å². The van der Waals surface area contributed by atoms with Gasteiger partial charge in [-0.05, 0) is 47.0 Å². The van der Waals surface area contributed by atoms with Crippen LogP contribution in [0.25, 0.3) is 11.1 Å². The Morgan fingerprint density at radius 1 is 1.04 bits per heavy atom. The molecule has 1 fully saturated rings. The number of hydrogen-bond acceptors (Lipinski definition) is 11. The summed E-state index contributed by atoms with van der Waals surface area (Å²) in [7, 11) is 2.86. The van der Waals surface area contributed by atoms with E-state index in [2.05, 4.69) is 10.3 Å². The number of amides is 3. The second kappa shape index (κ2) is 16.6. The van der Waals surface area contributed by atoms with Crippen molar-refractivity contribution in [3.05, 3.63) is 111 Å². The van der Waals surface area contributed by atoms with Gasteiger partial charge < -0.3 is 34.2 Å². The minimum atomic E-state index is -3.72. The molecule has 3 aromatic carbocycles. The first-order valence-corrected chi connectivity index (χ1v) is 16.2. The van der Waals surface area contributed by atoms with Crippen molar-refractivity contribution in [1.82, 2.24) is 19.4 Å². The molecule has 3 amide bonds. The molecule has 1 aliphatic heterocycles. The van der Waals surface area contributed by atoms with Gasteiger partial charge in [0.2, 0.25) is 5.75 Å². The van der Waals surface area contributed by atoms with Crippen LogP contribution >= 0.6 is 0 Å². The van der Waals surface area contributed by atoms with Crippen LogP contribution in [0.5, 0.6) is 11.5 Å². The maximum Gasteiger partial charge on any atom is 0.409 e. The van der Waals surface area contributed by atoms with E-state index in [4.69, 9.17) is 19.3 Å². The first-order chi connectivity index (χ1) is 25.3. The van der Waals surface area contributed by atoms with Crippen molar-refractivity contribution in [2.45, 2.75) is 37.4 Å². The topological polar surface area (TPSA) is 199 Å². The number of likely N-dealkylation sites (N-methyl/N-ethyl adjacent to an activating group) is 2. The lowest BCUT2D eigenvalue weighted by molar-refractivity contribution is -0.385. The summed E-state index contributed by atoms with van der Waals surface area (Å²) in [5.41, 5.74) is 1.12. The lowest BCUT2D eigenvalue weighted by Gasteiger charge is -2.22. The van der Waals surface area contributed by atoms with E-state index in [0.29, 0.717) is 11.3 Å². The number of nitro groups is 1. The molecule has 3 atom stereocenters. The van der Waals surface area contributed by atoms with Gasteiger partial charge in [0.25, 0.3) is 0 Å². The predicted molar refractivity (Wildman–Crippen MR) is 185 cm³/mol. The van der Waals surface area contributed by atoms with Crippen LogP contribution in [0.1, 0.15) is 5.56 Å². The summed E-state index contributed by atoms with van der Waals surface area (Å²) in [4.78, 5) is 55.0. The van der Waals surface area contributed by atoms with E-state index in [1.807, 2.05) is 42.5 Å². The number of aliphatic hydroxyl groups is 2. The van der Waals surface area contributed by atoms with Crippen LogP contribution in [0, 0.1) is 10.1 Å². The molecule has 1 saturated heterocycles. The predicted octanol–water partition coefficient (Wildman–Crippen LogP) is 4.10. The van der Waals surface area contributed by atoms with Crippen LogP contribution in [0.2, 0.25) is 0 Å². The normalized spacial score (nSPS) is 17.5. The van der Waals surface area contributed by atoms with Crippen molar-refractivity contribution in [1.29, 1.82) is 0 Å². The molecule has 1 unspecified atom stereocenters. The Kier molecular flexibility index (Phi) is 12.0. The Balaban J connectivity index is 1.10. The molecule has 0 saturated carbocycles. The molecule has 53 heavy (non-hydrogen) atoms. The number of nitrogens with one attached hydrogen (secondary N) is 1. The fourth-order valence-electron chi connectivity index (χ4n) is 5.25. The number of benzene rings is 3. The third-order valence-corrected chi connectivity index (χ3v) is 8.37. The number of aromatic nitrogens is 2. The number of carbonyl (C=O) groups excluding carboxylic acids is 2. The van der Waals surface area contributed by atoms with Crippen molar-refractivity contribution in [2.24, 2.45) is 0 Å². The molecule has 2 heterocycles. The molecule has 4 aromatic rings. The maximum atomic E-state index is 14.3. The van der Waals surface area contributed by atoms with Crippen LogP contribution in [-0.4, -0.2) is 105 Å². The van der Waals surface area contributed by atoms with E-state index < -0.39 is 60.1 Å². The Hall–Kier alpha value is -5.98. The molecule has 1 aliphatic rings. The fourth-order valence-corrected chi connectivity index (χ4v) is 5.25. The summed E-state index contributed by atoms with van der Waals surface area (Å²) in [5, 5.41) is 32.9. The number of ether oxygens (including phenoxy) is 3. The van der Waals surface area contributed by atoms with Crippen LogP contribution in [-0.2, 0) is 22.6 Å². The van der Waals surface area contributed by atoms with Gasteiger partial charge in [-0.2, -0.15) is 4.98 Å². The Bertz CT molecular complexity index is 1980. The van der Waals surface area contributed by atoms with Gasteiger partial charge in [-0.1, -0.05) is 42.5 Å². The highest BCUT2D eigenvalue weighted by atomic mass is 19.3. The first-order valence-electron chi connectivity index (χ1n) is 16.2. The summed E-state index contributed by atoms with van der Waals surface area (Å²) >= 11 is 0. The van der Waals surface area contributed by atoms with Crippen molar-refractivity contribution in [2.75, 3.05) is 39.1 Å². The number of nitro benzene ring substituents is 1. The first kappa shape index (κ1) is 38.3. The highest BCUT2D eigenvalue weighted by Gasteiger charge is 2.58. The second-order valence-corrected chi connectivity index (χ2v) is 12.1. The molecule has 0 spiro atoms. The molecule has 3 N–H and O–H groups in total. The molecule has 0 bridgehead atoms. The highest BCUT2D eigenvalue weighted by molar-refractivity contribution is 5.88. The average molecular weight is 739 g/mol. The summed E-state index contributed by atoms with van der Waals surface area (Å²) in [6.45, 7) is -1.67.